The van der Waals surface area contributed by atoms with E-state index in [0.717, 1.165) is 37.9 Å². The molecular weight excluding hydrogens is 500 g/mol. The number of benzene rings is 2. The van der Waals surface area contributed by atoms with Gasteiger partial charge in [0.2, 0.25) is 0 Å². The van der Waals surface area contributed by atoms with Crippen LogP contribution in [0.25, 0.3) is 0 Å². The first-order chi connectivity index (χ1) is 19.5. The molecule has 1 aromatic heterocycles. The van der Waals surface area contributed by atoms with E-state index in [1.165, 1.54) is 17.7 Å². The molecule has 1 aliphatic heterocycles. The highest BCUT2D eigenvalue weighted by Gasteiger charge is 2.42. The van der Waals surface area contributed by atoms with Gasteiger partial charge in [0, 0.05) is 29.8 Å². The zero-order valence-electron chi connectivity index (χ0n) is 22.9. The number of nitro benzene ring substituents is 1. The van der Waals surface area contributed by atoms with E-state index < -0.39 is 4.92 Å². The van der Waals surface area contributed by atoms with Crippen molar-refractivity contribution in [2.75, 3.05) is 13.1 Å². The van der Waals surface area contributed by atoms with Crippen LogP contribution in [0.15, 0.2) is 103 Å². The Kier molecular flexibility index (Phi) is 8.51. The Balaban J connectivity index is 1.33. The first-order valence-corrected chi connectivity index (χ1v) is 14.1. The monoisotopic (exact) mass is 536 g/mol. The van der Waals surface area contributed by atoms with E-state index in [9.17, 15) is 14.9 Å². The van der Waals surface area contributed by atoms with Crippen LogP contribution in [0, 0.1) is 16.0 Å². The summed E-state index contributed by atoms with van der Waals surface area (Å²) >= 11 is 0. The normalized spacial score (nSPS) is 20.0. The Morgan fingerprint density at radius 1 is 1.05 bits per heavy atom. The van der Waals surface area contributed by atoms with E-state index >= 15 is 0 Å². The molecule has 1 aliphatic carbocycles. The molecule has 7 heteroatoms. The van der Waals surface area contributed by atoms with Crippen molar-refractivity contribution in [3.8, 4) is 0 Å². The summed E-state index contributed by atoms with van der Waals surface area (Å²) in [6.45, 7) is 4.14. The van der Waals surface area contributed by atoms with Crippen molar-refractivity contribution in [3.63, 3.8) is 0 Å². The minimum atomic E-state index is -0.405. The number of nitro groups is 1. The third-order valence-electron chi connectivity index (χ3n) is 8.64. The minimum absolute atomic E-state index is 0.0338. The van der Waals surface area contributed by atoms with Crippen molar-refractivity contribution in [2.45, 2.75) is 50.1 Å². The lowest BCUT2D eigenvalue weighted by molar-refractivity contribution is -0.384. The molecule has 1 saturated heterocycles. The summed E-state index contributed by atoms with van der Waals surface area (Å²) in [5.74, 6) is 0.220. The van der Waals surface area contributed by atoms with Crippen LogP contribution in [0.5, 0.6) is 0 Å². The average molecular weight is 537 g/mol. The quantitative estimate of drug-likeness (QED) is 0.252. The van der Waals surface area contributed by atoms with E-state index in [4.69, 9.17) is 0 Å². The molecule has 0 saturated carbocycles. The van der Waals surface area contributed by atoms with Crippen LogP contribution in [0.3, 0.4) is 0 Å². The topological polar surface area (TPSA) is 88.4 Å². The first kappa shape index (κ1) is 27.5. The van der Waals surface area contributed by atoms with Crippen LogP contribution in [0.4, 0.5) is 5.69 Å². The van der Waals surface area contributed by atoms with Gasteiger partial charge in [-0.1, -0.05) is 72.8 Å². The van der Waals surface area contributed by atoms with Gasteiger partial charge in [0.25, 0.3) is 11.6 Å². The number of nitrogens with zero attached hydrogens (tertiary/aromatic N) is 3. The van der Waals surface area contributed by atoms with Crippen molar-refractivity contribution in [1.82, 2.24) is 15.2 Å². The number of hydrogen-bond donors (Lipinski definition) is 1. The van der Waals surface area contributed by atoms with Gasteiger partial charge in [-0.15, -0.1) is 0 Å². The third kappa shape index (κ3) is 6.05. The molecule has 2 heterocycles. The second kappa shape index (κ2) is 12.4. The number of hydrogen-bond acceptors (Lipinski definition) is 5. The summed E-state index contributed by atoms with van der Waals surface area (Å²) in [4.78, 5) is 30.6. The van der Waals surface area contributed by atoms with Gasteiger partial charge in [0.05, 0.1) is 11.0 Å². The molecular formula is C33H36N4O3. The van der Waals surface area contributed by atoms with Gasteiger partial charge in [0.1, 0.15) is 5.69 Å². The van der Waals surface area contributed by atoms with E-state index in [1.807, 2.05) is 0 Å². The molecule has 7 nitrogen and oxygen atoms in total. The second-order valence-corrected chi connectivity index (χ2v) is 10.9. The molecule has 1 N–H and O–H groups in total. The van der Waals surface area contributed by atoms with Gasteiger partial charge in [-0.25, -0.2) is 0 Å². The van der Waals surface area contributed by atoms with Crippen molar-refractivity contribution in [2.24, 2.45) is 5.92 Å². The van der Waals surface area contributed by atoms with Gasteiger partial charge >= 0.3 is 0 Å². The zero-order chi connectivity index (χ0) is 28.0. The van der Waals surface area contributed by atoms with E-state index in [1.54, 1.807) is 36.5 Å². The third-order valence-corrected chi connectivity index (χ3v) is 8.64. The van der Waals surface area contributed by atoms with Crippen molar-refractivity contribution in [3.05, 3.63) is 130 Å². The van der Waals surface area contributed by atoms with Crippen LogP contribution in [0.1, 0.15) is 60.3 Å². The summed E-state index contributed by atoms with van der Waals surface area (Å²) in [7, 11) is 0. The highest BCUT2D eigenvalue weighted by Crippen LogP contribution is 2.45. The summed E-state index contributed by atoms with van der Waals surface area (Å²) in [5.41, 5.74) is 2.74. The number of piperidine rings is 1. The van der Waals surface area contributed by atoms with E-state index in [0.29, 0.717) is 18.0 Å². The number of allylic oxidation sites excluding steroid dienone is 4. The number of nitrogens with one attached hydrogen (secondary N) is 1. The molecule has 206 valence electrons. The van der Waals surface area contributed by atoms with Gasteiger partial charge in [-0.05, 0) is 74.9 Å². The molecule has 3 aromatic rings. The SMILES string of the molecule is CC(CC(NC(=O)c1ccccn1)c1ccc([N+](=O)[O-])cc1)N1CCC(c2ccccc2)(C2C=CC=CC2)CC1. The molecule has 3 atom stereocenters. The lowest BCUT2D eigenvalue weighted by Gasteiger charge is -2.48. The van der Waals surface area contributed by atoms with Crippen LogP contribution < -0.4 is 5.32 Å². The molecule has 0 spiro atoms. The van der Waals surface area contributed by atoms with E-state index in [-0.39, 0.29) is 29.1 Å². The van der Waals surface area contributed by atoms with Crippen LogP contribution in [-0.2, 0) is 5.41 Å². The Labute approximate surface area is 235 Å². The number of rotatable bonds is 9. The maximum atomic E-state index is 13.1. The minimum Gasteiger partial charge on any atom is -0.344 e. The largest absolute Gasteiger partial charge is 0.344 e. The molecule has 3 unspecified atom stereocenters. The molecule has 0 radical (unpaired) electrons. The highest BCUT2D eigenvalue weighted by molar-refractivity contribution is 5.92. The fourth-order valence-corrected chi connectivity index (χ4v) is 6.32. The van der Waals surface area contributed by atoms with E-state index in [2.05, 4.69) is 76.8 Å². The fraction of sp³-hybridized carbons (Fsp3) is 0.333. The molecule has 1 amide bonds. The number of carbonyl (C=O) groups excluding carboxylic acids is 1. The second-order valence-electron chi connectivity index (χ2n) is 10.9. The molecule has 2 aromatic carbocycles. The highest BCUT2D eigenvalue weighted by atomic mass is 16.6. The van der Waals surface area contributed by atoms with Crippen LogP contribution in [-0.4, -0.2) is 39.8 Å². The van der Waals surface area contributed by atoms with Crippen molar-refractivity contribution >= 4 is 11.6 Å². The maximum Gasteiger partial charge on any atom is 0.270 e. The van der Waals surface area contributed by atoms with Crippen molar-refractivity contribution in [1.29, 1.82) is 0 Å². The van der Waals surface area contributed by atoms with Gasteiger partial charge in [-0.3, -0.25) is 19.9 Å². The number of amides is 1. The zero-order valence-corrected chi connectivity index (χ0v) is 22.9. The Morgan fingerprint density at radius 2 is 1.77 bits per heavy atom. The summed E-state index contributed by atoms with van der Waals surface area (Å²) < 4.78 is 0. The maximum absolute atomic E-state index is 13.1. The molecule has 0 bridgehead atoms. The standard InChI is InChI=1S/C33H36N4O3/c1-25(36-22-19-33(20-23-36,27-10-4-2-5-11-27)28-12-6-3-7-13-28)24-31(26-15-17-29(18-16-26)37(39)40)35-32(38)30-14-8-9-21-34-30/h2-12,14-18,21,25,28,31H,13,19-20,22-24H2,1H3,(H,35,38). The van der Waals surface area contributed by atoms with Gasteiger partial charge < -0.3 is 10.2 Å². The fourth-order valence-electron chi connectivity index (χ4n) is 6.32. The smallest absolute Gasteiger partial charge is 0.270 e. The molecule has 5 rings (SSSR count). The number of non-ortho nitro benzene ring substituents is 1. The Bertz CT molecular complexity index is 1350. The Morgan fingerprint density at radius 3 is 2.40 bits per heavy atom. The number of carbonyl (C=O) groups is 1. The number of pyridine rings is 1. The number of aromatic nitrogens is 1. The summed E-state index contributed by atoms with van der Waals surface area (Å²) in [5, 5.41) is 14.4. The average Bonchev–Trinajstić information content (AvgIpc) is 3.02. The van der Waals surface area contributed by atoms with Crippen LogP contribution in [0.2, 0.25) is 0 Å². The van der Waals surface area contributed by atoms with Gasteiger partial charge in [0.15, 0.2) is 0 Å². The predicted molar refractivity (Wildman–Crippen MR) is 157 cm³/mol. The number of likely N-dealkylation sites (tertiary alicyclic amines) is 1. The van der Waals surface area contributed by atoms with Crippen molar-refractivity contribution < 1.29 is 9.72 Å². The predicted octanol–water partition coefficient (Wildman–Crippen LogP) is 6.41. The molecule has 2 aliphatic rings. The first-order valence-electron chi connectivity index (χ1n) is 14.1. The van der Waals surface area contributed by atoms with Gasteiger partial charge in [-0.2, -0.15) is 0 Å². The lowest BCUT2D eigenvalue weighted by atomic mass is 9.62. The Hall–Kier alpha value is -4.10. The summed E-state index contributed by atoms with van der Waals surface area (Å²) in [6.07, 6.45) is 14.5. The lowest BCUT2D eigenvalue weighted by Crippen LogP contribution is -2.49. The molecule has 1 fully saturated rings. The van der Waals surface area contributed by atoms with Crippen LogP contribution >= 0.6 is 0 Å². The summed E-state index contributed by atoms with van der Waals surface area (Å²) in [6, 6.07) is 22.6. The molecule has 40 heavy (non-hydrogen) atoms.